The third-order valence-electron chi connectivity index (χ3n) is 2.57. The number of amides is 1. The summed E-state index contributed by atoms with van der Waals surface area (Å²) >= 11 is 0. The van der Waals surface area contributed by atoms with E-state index in [1.807, 2.05) is 0 Å². The molecule has 100 valence electrons. The zero-order valence-electron chi connectivity index (χ0n) is 9.83. The maximum atomic E-state index is 11.9. The number of rotatable bonds is 6. The van der Waals surface area contributed by atoms with Gasteiger partial charge in [0.2, 0.25) is 0 Å². The number of aliphatic hydroxyl groups is 3. The fourth-order valence-electron chi connectivity index (χ4n) is 1.31. The van der Waals surface area contributed by atoms with Crippen molar-refractivity contribution in [3.63, 3.8) is 0 Å². The van der Waals surface area contributed by atoms with Gasteiger partial charge in [-0.2, -0.15) is 0 Å². The van der Waals surface area contributed by atoms with Crippen LogP contribution in [-0.2, 0) is 6.54 Å². The quantitative estimate of drug-likeness (QED) is 0.399. The molecule has 0 aliphatic heterocycles. The van der Waals surface area contributed by atoms with Crippen molar-refractivity contribution >= 4 is 5.91 Å². The van der Waals surface area contributed by atoms with Crippen LogP contribution < -0.4 is 11.1 Å². The summed E-state index contributed by atoms with van der Waals surface area (Å²) in [5.41, 5.74) is 4.81. The van der Waals surface area contributed by atoms with E-state index in [0.29, 0.717) is 11.3 Å². The van der Waals surface area contributed by atoms with Crippen molar-refractivity contribution in [1.29, 1.82) is 0 Å². The van der Waals surface area contributed by atoms with Gasteiger partial charge in [-0.05, 0) is 12.1 Å². The number of hydrogen-bond acceptors (Lipinski definition) is 6. The molecule has 7 heteroatoms. The molecule has 1 aromatic heterocycles. The van der Waals surface area contributed by atoms with Crippen molar-refractivity contribution in [2.24, 2.45) is 5.73 Å². The fraction of sp³-hybridized carbons (Fsp3) is 0.455. The van der Waals surface area contributed by atoms with Crippen LogP contribution in [0.15, 0.2) is 18.3 Å². The van der Waals surface area contributed by atoms with E-state index in [2.05, 4.69) is 10.3 Å². The predicted molar refractivity (Wildman–Crippen MR) is 63.6 cm³/mol. The number of carbonyl (C=O) groups excluding carboxylic acids is 1. The van der Waals surface area contributed by atoms with Gasteiger partial charge in [0, 0.05) is 18.3 Å². The van der Waals surface area contributed by atoms with E-state index in [0.717, 1.165) is 0 Å². The summed E-state index contributed by atoms with van der Waals surface area (Å²) in [7, 11) is 0. The molecule has 0 aliphatic rings. The van der Waals surface area contributed by atoms with E-state index in [9.17, 15) is 4.79 Å². The lowest BCUT2D eigenvalue weighted by molar-refractivity contribution is 0.0375. The van der Waals surface area contributed by atoms with Crippen molar-refractivity contribution in [3.05, 3.63) is 29.6 Å². The Morgan fingerprint density at radius 2 is 1.94 bits per heavy atom. The van der Waals surface area contributed by atoms with Gasteiger partial charge in [-0.15, -0.1) is 0 Å². The average molecular weight is 255 g/mol. The highest BCUT2D eigenvalue weighted by atomic mass is 16.3. The monoisotopic (exact) mass is 255 g/mol. The van der Waals surface area contributed by atoms with Crippen LogP contribution >= 0.6 is 0 Å². The predicted octanol–water partition coefficient (Wildman–Crippen LogP) is -2.01. The lowest BCUT2D eigenvalue weighted by Crippen LogP contribution is -2.57. The molecule has 0 spiro atoms. The first-order chi connectivity index (χ1) is 8.60. The third kappa shape index (κ3) is 3.23. The van der Waals surface area contributed by atoms with Crippen molar-refractivity contribution in [2.45, 2.75) is 12.1 Å². The van der Waals surface area contributed by atoms with Gasteiger partial charge in [-0.3, -0.25) is 9.78 Å². The maximum absolute atomic E-state index is 11.9. The summed E-state index contributed by atoms with van der Waals surface area (Å²) in [6, 6.07) is 2.98. The molecule has 0 saturated carbocycles. The van der Waals surface area contributed by atoms with Crippen LogP contribution in [0, 0.1) is 0 Å². The number of carbonyl (C=O) groups is 1. The largest absolute Gasteiger partial charge is 0.394 e. The smallest absolute Gasteiger partial charge is 0.252 e. The van der Waals surface area contributed by atoms with E-state index in [4.69, 9.17) is 21.1 Å². The number of nitrogens with one attached hydrogen (secondary N) is 1. The van der Waals surface area contributed by atoms with Crippen LogP contribution in [0.1, 0.15) is 16.1 Å². The summed E-state index contributed by atoms with van der Waals surface area (Å²) in [6.45, 7) is -1.51. The first-order valence-electron chi connectivity index (χ1n) is 5.41. The van der Waals surface area contributed by atoms with Crippen molar-refractivity contribution in [3.8, 4) is 0 Å². The van der Waals surface area contributed by atoms with Gasteiger partial charge < -0.3 is 26.4 Å². The zero-order chi connectivity index (χ0) is 13.6. The summed E-state index contributed by atoms with van der Waals surface area (Å²) in [5.74, 6) is -0.524. The number of nitrogens with two attached hydrogens (primary N) is 1. The molecule has 6 N–H and O–H groups in total. The number of aromatic nitrogens is 1. The minimum absolute atomic E-state index is 0.201. The van der Waals surface area contributed by atoms with Crippen LogP contribution in [0.5, 0.6) is 0 Å². The number of pyridine rings is 1. The molecule has 1 rings (SSSR count). The summed E-state index contributed by atoms with van der Waals surface area (Å²) in [6.07, 6.45) is 1.44. The van der Waals surface area contributed by atoms with Gasteiger partial charge in [0.25, 0.3) is 5.91 Å². The van der Waals surface area contributed by atoms with Crippen LogP contribution in [0.4, 0.5) is 0 Å². The molecule has 1 heterocycles. The van der Waals surface area contributed by atoms with Gasteiger partial charge >= 0.3 is 0 Å². The molecular formula is C11H17N3O4. The second-order valence-electron chi connectivity index (χ2n) is 3.95. The molecule has 7 nitrogen and oxygen atoms in total. The van der Waals surface area contributed by atoms with Crippen LogP contribution in [-0.4, -0.2) is 51.6 Å². The van der Waals surface area contributed by atoms with Crippen LogP contribution in [0.25, 0.3) is 0 Å². The Morgan fingerprint density at radius 1 is 1.33 bits per heavy atom. The molecule has 0 bridgehead atoms. The molecule has 18 heavy (non-hydrogen) atoms. The van der Waals surface area contributed by atoms with E-state index in [1.54, 1.807) is 0 Å². The molecule has 0 radical (unpaired) electrons. The zero-order valence-corrected chi connectivity index (χ0v) is 9.83. The summed E-state index contributed by atoms with van der Waals surface area (Å²) in [4.78, 5) is 15.8. The van der Waals surface area contributed by atoms with Gasteiger partial charge in [0.15, 0.2) is 0 Å². The molecular weight excluding hydrogens is 238 g/mol. The number of aliphatic hydroxyl groups excluding tert-OH is 3. The van der Waals surface area contributed by atoms with Crippen LogP contribution in [0.3, 0.4) is 0 Å². The molecule has 0 aliphatic carbocycles. The topological polar surface area (TPSA) is 129 Å². The SMILES string of the molecule is NCc1cc(C(=O)NC(CO)(CO)CO)ccn1. The van der Waals surface area contributed by atoms with E-state index >= 15 is 0 Å². The van der Waals surface area contributed by atoms with Gasteiger partial charge in [0.05, 0.1) is 25.5 Å². The highest BCUT2D eigenvalue weighted by molar-refractivity contribution is 5.94. The Kier molecular flexibility index (Phi) is 5.17. The lowest BCUT2D eigenvalue weighted by Gasteiger charge is -2.28. The Hall–Kier alpha value is -1.54. The third-order valence-corrected chi connectivity index (χ3v) is 2.57. The van der Waals surface area contributed by atoms with E-state index in [1.165, 1.54) is 18.3 Å². The maximum Gasteiger partial charge on any atom is 0.252 e. The Bertz CT molecular complexity index is 399. The normalized spacial score (nSPS) is 11.3. The minimum Gasteiger partial charge on any atom is -0.394 e. The van der Waals surface area contributed by atoms with Crippen molar-refractivity contribution in [2.75, 3.05) is 19.8 Å². The average Bonchev–Trinajstić information content (AvgIpc) is 2.44. The molecule has 1 amide bonds. The minimum atomic E-state index is -1.44. The second kappa shape index (κ2) is 6.41. The Balaban J connectivity index is 2.86. The molecule has 0 aromatic carbocycles. The number of nitrogens with zero attached hydrogens (tertiary/aromatic N) is 1. The first kappa shape index (κ1) is 14.5. The van der Waals surface area contributed by atoms with E-state index < -0.39 is 31.3 Å². The lowest BCUT2D eigenvalue weighted by atomic mass is 10.0. The highest BCUT2D eigenvalue weighted by Gasteiger charge is 2.30. The molecule has 0 atom stereocenters. The van der Waals surface area contributed by atoms with Gasteiger partial charge in [-0.1, -0.05) is 0 Å². The number of hydrogen-bond donors (Lipinski definition) is 5. The van der Waals surface area contributed by atoms with Crippen molar-refractivity contribution in [1.82, 2.24) is 10.3 Å². The molecule has 1 aromatic rings. The first-order valence-corrected chi connectivity index (χ1v) is 5.41. The highest BCUT2D eigenvalue weighted by Crippen LogP contribution is 2.06. The Morgan fingerprint density at radius 3 is 2.44 bits per heavy atom. The summed E-state index contributed by atoms with van der Waals surface area (Å²) < 4.78 is 0. The molecule has 0 saturated heterocycles. The molecule has 0 unspecified atom stereocenters. The van der Waals surface area contributed by atoms with Crippen LogP contribution in [0.2, 0.25) is 0 Å². The fourth-order valence-corrected chi connectivity index (χ4v) is 1.31. The van der Waals surface area contributed by atoms with Gasteiger partial charge in [-0.25, -0.2) is 0 Å². The summed E-state index contributed by atoms with van der Waals surface area (Å²) in [5, 5.41) is 29.7. The standard InChI is InChI=1S/C11H17N3O4/c12-4-9-3-8(1-2-13-9)10(18)14-11(5-15,6-16)7-17/h1-3,15-17H,4-7,12H2,(H,14,18). The Labute approximate surface area is 104 Å². The van der Waals surface area contributed by atoms with E-state index in [-0.39, 0.29) is 6.54 Å². The van der Waals surface area contributed by atoms with Crippen molar-refractivity contribution < 1.29 is 20.1 Å². The second-order valence-corrected chi connectivity index (χ2v) is 3.95. The van der Waals surface area contributed by atoms with Gasteiger partial charge in [0.1, 0.15) is 5.54 Å². The molecule has 0 fully saturated rings.